The number of carbonyl (C=O) groups excluding carboxylic acids is 1. The number of hydrogen-bond donors (Lipinski definition) is 2. The lowest BCUT2D eigenvalue weighted by Crippen LogP contribution is -2.40. The molecule has 1 unspecified atom stereocenters. The second-order valence-corrected chi connectivity index (χ2v) is 2.26. The Morgan fingerprint density at radius 2 is 2.17 bits per heavy atom. The van der Waals surface area contributed by atoms with Gasteiger partial charge in [-0.3, -0.25) is 4.79 Å². The number of carbonyl (C=O) groups is 1. The third-order valence-electron chi connectivity index (χ3n) is 1.24. The zero-order valence-corrected chi connectivity index (χ0v) is 6.84. The van der Waals surface area contributed by atoms with Crippen molar-refractivity contribution in [3.63, 3.8) is 0 Å². The van der Waals surface area contributed by atoms with E-state index < -0.39 is 6.04 Å². The summed E-state index contributed by atoms with van der Waals surface area (Å²) in [5.74, 6) is 4.46. The van der Waals surface area contributed by atoms with Crippen LogP contribution in [-0.2, 0) is 4.79 Å². The maximum Gasteiger partial charge on any atom is 0.237 e. The van der Waals surface area contributed by atoms with E-state index >= 15 is 0 Å². The van der Waals surface area contributed by atoms with Gasteiger partial charge in [-0.2, -0.15) is 0 Å². The molecule has 0 aliphatic rings. The van der Waals surface area contributed by atoms with E-state index in [2.05, 4.69) is 17.2 Å². The zero-order chi connectivity index (χ0) is 9.40. The molecule has 0 bridgehead atoms. The van der Waals surface area contributed by atoms with Crippen molar-refractivity contribution in [3.8, 4) is 24.7 Å². The van der Waals surface area contributed by atoms with Crippen LogP contribution in [0.4, 0.5) is 0 Å². The number of terminal acetylenes is 2. The number of rotatable bonds is 4. The Balaban J connectivity index is 3.60. The first-order chi connectivity index (χ1) is 5.72. The minimum Gasteiger partial charge on any atom is -0.354 e. The van der Waals surface area contributed by atoms with E-state index in [0.717, 1.165) is 0 Å². The standard InChI is InChI=1S/C9H12N2O/c1-3-5-7-11-9(12)8(10)6-4-2/h1-2,8H,5-7,10H2,(H,11,12). The molecule has 0 aliphatic heterocycles. The molecule has 0 rings (SSSR count). The molecule has 0 saturated heterocycles. The van der Waals surface area contributed by atoms with Crippen LogP contribution in [0.5, 0.6) is 0 Å². The van der Waals surface area contributed by atoms with E-state index in [-0.39, 0.29) is 12.3 Å². The molecule has 0 fully saturated rings. The fourth-order valence-corrected chi connectivity index (χ4v) is 0.609. The second-order valence-electron chi connectivity index (χ2n) is 2.26. The fraction of sp³-hybridized carbons (Fsp3) is 0.444. The summed E-state index contributed by atoms with van der Waals surface area (Å²) >= 11 is 0. The fourth-order valence-electron chi connectivity index (χ4n) is 0.609. The molecule has 0 spiro atoms. The van der Waals surface area contributed by atoms with Gasteiger partial charge in [0.2, 0.25) is 5.91 Å². The van der Waals surface area contributed by atoms with Crippen LogP contribution in [0.2, 0.25) is 0 Å². The third kappa shape index (κ3) is 4.38. The molecule has 0 aliphatic carbocycles. The van der Waals surface area contributed by atoms with Gasteiger partial charge in [-0.1, -0.05) is 0 Å². The van der Waals surface area contributed by atoms with Gasteiger partial charge in [0.05, 0.1) is 6.04 Å². The molecule has 0 aromatic carbocycles. The quantitative estimate of drug-likeness (QED) is 0.434. The molecule has 12 heavy (non-hydrogen) atoms. The first kappa shape index (κ1) is 10.6. The normalized spacial score (nSPS) is 10.9. The van der Waals surface area contributed by atoms with Gasteiger partial charge in [-0.05, 0) is 0 Å². The predicted molar refractivity (Wildman–Crippen MR) is 47.9 cm³/mol. The van der Waals surface area contributed by atoms with Gasteiger partial charge in [0, 0.05) is 19.4 Å². The SMILES string of the molecule is C#CCCNC(=O)C(N)CC#C. The smallest absolute Gasteiger partial charge is 0.237 e. The van der Waals surface area contributed by atoms with E-state index in [1.165, 1.54) is 0 Å². The molecule has 3 heteroatoms. The van der Waals surface area contributed by atoms with Crippen LogP contribution < -0.4 is 11.1 Å². The molecule has 64 valence electrons. The monoisotopic (exact) mass is 164 g/mol. The van der Waals surface area contributed by atoms with E-state index in [4.69, 9.17) is 18.6 Å². The Hall–Kier alpha value is -1.45. The van der Waals surface area contributed by atoms with Crippen LogP contribution in [-0.4, -0.2) is 18.5 Å². The van der Waals surface area contributed by atoms with Gasteiger partial charge in [0.1, 0.15) is 0 Å². The lowest BCUT2D eigenvalue weighted by atomic mass is 10.2. The van der Waals surface area contributed by atoms with Crippen molar-refractivity contribution in [1.82, 2.24) is 5.32 Å². The largest absolute Gasteiger partial charge is 0.354 e. The number of nitrogens with one attached hydrogen (secondary N) is 1. The van der Waals surface area contributed by atoms with Crippen LogP contribution in [0.3, 0.4) is 0 Å². The van der Waals surface area contributed by atoms with Crippen LogP contribution in [0.25, 0.3) is 0 Å². The molecule has 0 saturated carbocycles. The predicted octanol–water partition coefficient (Wildman–Crippen LogP) is -0.524. The van der Waals surface area contributed by atoms with Crippen molar-refractivity contribution >= 4 is 5.91 Å². The van der Waals surface area contributed by atoms with Gasteiger partial charge in [-0.15, -0.1) is 24.7 Å². The lowest BCUT2D eigenvalue weighted by Gasteiger charge is -2.07. The molecule has 1 amide bonds. The summed E-state index contributed by atoms with van der Waals surface area (Å²) in [4.78, 5) is 11.0. The van der Waals surface area contributed by atoms with Gasteiger partial charge >= 0.3 is 0 Å². The molecule has 1 atom stereocenters. The Bertz CT molecular complexity index is 222. The molecule has 0 radical (unpaired) electrons. The molecule has 0 heterocycles. The highest BCUT2D eigenvalue weighted by Gasteiger charge is 2.09. The summed E-state index contributed by atoms with van der Waals surface area (Å²) in [5, 5.41) is 2.57. The molecule has 3 nitrogen and oxygen atoms in total. The second kappa shape index (κ2) is 6.27. The van der Waals surface area contributed by atoms with Crippen LogP contribution >= 0.6 is 0 Å². The minimum absolute atomic E-state index is 0.247. The van der Waals surface area contributed by atoms with Crippen molar-refractivity contribution in [3.05, 3.63) is 0 Å². The number of nitrogens with two attached hydrogens (primary N) is 1. The topological polar surface area (TPSA) is 55.1 Å². The van der Waals surface area contributed by atoms with Crippen molar-refractivity contribution in [1.29, 1.82) is 0 Å². The van der Waals surface area contributed by atoms with Gasteiger partial charge in [-0.25, -0.2) is 0 Å². The number of amides is 1. The maximum atomic E-state index is 11.0. The van der Waals surface area contributed by atoms with Gasteiger partial charge in [0.25, 0.3) is 0 Å². The minimum atomic E-state index is -0.618. The Kier molecular flexibility index (Phi) is 5.51. The van der Waals surface area contributed by atoms with Crippen LogP contribution in [0.15, 0.2) is 0 Å². The van der Waals surface area contributed by atoms with Crippen molar-refractivity contribution in [2.45, 2.75) is 18.9 Å². The van der Waals surface area contributed by atoms with Gasteiger partial charge in [0.15, 0.2) is 0 Å². The average molecular weight is 164 g/mol. The van der Waals surface area contributed by atoms with Crippen molar-refractivity contribution < 1.29 is 4.79 Å². The summed E-state index contributed by atoms with van der Waals surface area (Å²) < 4.78 is 0. The first-order valence-electron chi connectivity index (χ1n) is 3.62. The average Bonchev–Trinajstić information content (AvgIpc) is 2.05. The Labute approximate surface area is 72.7 Å². The van der Waals surface area contributed by atoms with Crippen molar-refractivity contribution in [2.75, 3.05) is 6.54 Å². The Morgan fingerprint density at radius 3 is 2.67 bits per heavy atom. The maximum absolute atomic E-state index is 11.0. The summed E-state index contributed by atoms with van der Waals surface area (Å²) in [7, 11) is 0. The highest BCUT2D eigenvalue weighted by atomic mass is 16.2. The van der Waals surface area contributed by atoms with E-state index in [1.807, 2.05) is 0 Å². The zero-order valence-electron chi connectivity index (χ0n) is 6.84. The summed E-state index contributed by atoms with van der Waals surface area (Å²) in [6.07, 6.45) is 10.7. The van der Waals surface area contributed by atoms with Gasteiger partial charge < -0.3 is 11.1 Å². The Morgan fingerprint density at radius 1 is 1.50 bits per heavy atom. The molecular weight excluding hydrogens is 152 g/mol. The molecule has 3 N–H and O–H groups in total. The summed E-state index contributed by atoms with van der Waals surface area (Å²) in [6, 6.07) is -0.618. The highest BCUT2D eigenvalue weighted by molar-refractivity contribution is 5.81. The van der Waals surface area contributed by atoms with E-state index in [9.17, 15) is 4.79 Å². The third-order valence-corrected chi connectivity index (χ3v) is 1.24. The molecule has 0 aromatic rings. The van der Waals surface area contributed by atoms with E-state index in [0.29, 0.717) is 13.0 Å². The van der Waals surface area contributed by atoms with E-state index in [1.54, 1.807) is 0 Å². The van der Waals surface area contributed by atoms with Crippen LogP contribution in [0, 0.1) is 24.7 Å². The first-order valence-corrected chi connectivity index (χ1v) is 3.62. The number of hydrogen-bond acceptors (Lipinski definition) is 2. The van der Waals surface area contributed by atoms with Crippen molar-refractivity contribution in [2.24, 2.45) is 5.73 Å². The molecular formula is C9H12N2O. The highest BCUT2D eigenvalue weighted by Crippen LogP contribution is 1.85. The lowest BCUT2D eigenvalue weighted by molar-refractivity contribution is -0.122. The molecule has 0 aromatic heterocycles. The summed E-state index contributed by atoms with van der Waals surface area (Å²) in [6.45, 7) is 0.452. The summed E-state index contributed by atoms with van der Waals surface area (Å²) in [5.41, 5.74) is 5.40. The van der Waals surface area contributed by atoms with Crippen LogP contribution in [0.1, 0.15) is 12.8 Å².